The molecule has 1 N–H and O–H groups in total. The van der Waals surface area contributed by atoms with Crippen LogP contribution in [-0.4, -0.2) is 10.8 Å². The Morgan fingerprint density at radius 2 is 2.00 bits per heavy atom. The Morgan fingerprint density at radius 1 is 1.29 bits per heavy atom. The van der Waals surface area contributed by atoms with Gasteiger partial charge in [-0.15, -0.1) is 0 Å². The van der Waals surface area contributed by atoms with Crippen molar-refractivity contribution in [2.24, 2.45) is 0 Å². The summed E-state index contributed by atoms with van der Waals surface area (Å²) in [6.07, 6.45) is 0. The number of halogens is 2. The number of nitrogens with zero attached hydrogens (tertiary/aromatic N) is 1. The van der Waals surface area contributed by atoms with Gasteiger partial charge in [0.15, 0.2) is 0 Å². The number of rotatable bonds is 3. The lowest BCUT2D eigenvalue weighted by Crippen LogP contribution is -2.12. The molecule has 0 aliphatic heterocycles. The van der Waals surface area contributed by atoms with Gasteiger partial charge in [0.05, 0.1) is 4.92 Å². The SMILES string of the molecule is Cc1ccc(C(=O)Nc2ccc(F)c([N+](=O)[O-])c2)cc1Br. The molecule has 21 heavy (non-hydrogen) atoms. The van der Waals surface area contributed by atoms with Crippen LogP contribution >= 0.6 is 15.9 Å². The first-order chi connectivity index (χ1) is 9.88. The number of amides is 1. The molecular weight excluding hydrogens is 343 g/mol. The lowest BCUT2D eigenvalue weighted by molar-refractivity contribution is -0.387. The third-order valence-corrected chi connectivity index (χ3v) is 3.69. The average molecular weight is 353 g/mol. The van der Waals surface area contributed by atoms with Crippen molar-refractivity contribution in [3.63, 3.8) is 0 Å². The van der Waals surface area contributed by atoms with Gasteiger partial charge in [-0.1, -0.05) is 22.0 Å². The smallest absolute Gasteiger partial charge is 0.306 e. The van der Waals surface area contributed by atoms with Crippen LogP contribution in [0, 0.1) is 22.9 Å². The van der Waals surface area contributed by atoms with Gasteiger partial charge in [-0.25, -0.2) is 0 Å². The minimum atomic E-state index is -0.948. The van der Waals surface area contributed by atoms with E-state index in [1.807, 2.05) is 6.92 Å². The van der Waals surface area contributed by atoms with Crippen LogP contribution in [0.3, 0.4) is 0 Å². The first-order valence-corrected chi connectivity index (χ1v) is 6.69. The first-order valence-electron chi connectivity index (χ1n) is 5.90. The second-order valence-corrected chi connectivity index (χ2v) is 5.20. The van der Waals surface area contributed by atoms with E-state index in [4.69, 9.17) is 0 Å². The van der Waals surface area contributed by atoms with E-state index in [0.717, 1.165) is 22.2 Å². The molecule has 108 valence electrons. The minimum absolute atomic E-state index is 0.157. The van der Waals surface area contributed by atoms with Crippen molar-refractivity contribution in [2.75, 3.05) is 5.32 Å². The van der Waals surface area contributed by atoms with Crippen molar-refractivity contribution in [1.29, 1.82) is 0 Å². The predicted molar refractivity (Wildman–Crippen MR) is 79.9 cm³/mol. The summed E-state index contributed by atoms with van der Waals surface area (Å²) in [4.78, 5) is 21.9. The average Bonchev–Trinajstić information content (AvgIpc) is 2.43. The molecule has 0 fully saturated rings. The molecule has 2 aromatic rings. The number of carbonyl (C=O) groups is 1. The van der Waals surface area contributed by atoms with E-state index in [-0.39, 0.29) is 5.69 Å². The largest absolute Gasteiger partial charge is 0.322 e. The van der Waals surface area contributed by atoms with Crippen LogP contribution in [0.4, 0.5) is 15.8 Å². The van der Waals surface area contributed by atoms with Gasteiger partial charge in [0.1, 0.15) is 0 Å². The maximum absolute atomic E-state index is 13.2. The molecular formula is C14H10BrFN2O3. The maximum atomic E-state index is 13.2. The number of nitrogens with one attached hydrogen (secondary N) is 1. The number of aryl methyl sites for hydroxylation is 1. The third-order valence-electron chi connectivity index (χ3n) is 2.83. The molecule has 0 aliphatic carbocycles. The molecule has 0 bridgehead atoms. The summed E-state index contributed by atoms with van der Waals surface area (Å²) < 4.78 is 14.0. The van der Waals surface area contributed by atoms with Crippen LogP contribution in [0.15, 0.2) is 40.9 Å². The highest BCUT2D eigenvalue weighted by atomic mass is 79.9. The highest BCUT2D eigenvalue weighted by Gasteiger charge is 2.16. The summed E-state index contributed by atoms with van der Waals surface area (Å²) in [6, 6.07) is 8.24. The Balaban J connectivity index is 2.25. The number of anilines is 1. The van der Waals surface area contributed by atoms with Gasteiger partial charge in [0, 0.05) is 21.8 Å². The molecule has 0 aliphatic rings. The van der Waals surface area contributed by atoms with Crippen LogP contribution < -0.4 is 5.32 Å². The molecule has 0 unspecified atom stereocenters. The minimum Gasteiger partial charge on any atom is -0.322 e. The molecule has 0 spiro atoms. The van der Waals surface area contributed by atoms with E-state index in [1.165, 1.54) is 6.07 Å². The Labute approximate surface area is 128 Å². The van der Waals surface area contributed by atoms with Gasteiger partial charge >= 0.3 is 5.69 Å². The van der Waals surface area contributed by atoms with Gasteiger partial charge in [0.25, 0.3) is 5.91 Å². The molecule has 0 atom stereocenters. The molecule has 0 saturated carbocycles. The zero-order valence-corrected chi connectivity index (χ0v) is 12.5. The number of carbonyl (C=O) groups excluding carboxylic acids is 1. The second kappa shape index (κ2) is 6.01. The fraction of sp³-hybridized carbons (Fsp3) is 0.0714. The molecule has 0 saturated heterocycles. The van der Waals surface area contributed by atoms with Crippen LogP contribution in [0.5, 0.6) is 0 Å². The van der Waals surface area contributed by atoms with Crippen LogP contribution in [0.1, 0.15) is 15.9 Å². The zero-order chi connectivity index (χ0) is 15.6. The fourth-order valence-corrected chi connectivity index (χ4v) is 2.05. The molecule has 2 aromatic carbocycles. The van der Waals surface area contributed by atoms with Crippen molar-refractivity contribution in [1.82, 2.24) is 0 Å². The number of nitro groups is 1. The summed E-state index contributed by atoms with van der Waals surface area (Å²) in [5.74, 6) is -1.38. The highest BCUT2D eigenvalue weighted by molar-refractivity contribution is 9.10. The monoisotopic (exact) mass is 352 g/mol. The maximum Gasteiger partial charge on any atom is 0.306 e. The van der Waals surface area contributed by atoms with Gasteiger partial charge < -0.3 is 5.32 Å². The first kappa shape index (κ1) is 15.1. The second-order valence-electron chi connectivity index (χ2n) is 4.34. The van der Waals surface area contributed by atoms with Crippen LogP contribution in [-0.2, 0) is 0 Å². The highest BCUT2D eigenvalue weighted by Crippen LogP contribution is 2.23. The number of nitro benzene ring substituents is 1. The summed E-state index contributed by atoms with van der Waals surface area (Å²) in [7, 11) is 0. The van der Waals surface area contributed by atoms with Gasteiger partial charge in [-0.2, -0.15) is 4.39 Å². The topological polar surface area (TPSA) is 72.2 Å². The van der Waals surface area contributed by atoms with Gasteiger partial charge in [0.2, 0.25) is 5.82 Å². The Morgan fingerprint density at radius 3 is 2.62 bits per heavy atom. The number of hydrogen-bond acceptors (Lipinski definition) is 3. The van der Waals surface area contributed by atoms with E-state index in [0.29, 0.717) is 5.56 Å². The zero-order valence-electron chi connectivity index (χ0n) is 10.9. The Hall–Kier alpha value is -2.28. The van der Waals surface area contributed by atoms with Gasteiger partial charge in [-0.05, 0) is 36.8 Å². The van der Waals surface area contributed by atoms with Crippen LogP contribution in [0.25, 0.3) is 0 Å². The van der Waals surface area contributed by atoms with Crippen molar-refractivity contribution >= 4 is 33.2 Å². The molecule has 0 aromatic heterocycles. The quantitative estimate of drug-likeness (QED) is 0.668. The number of hydrogen-bond donors (Lipinski definition) is 1. The number of benzene rings is 2. The Kier molecular flexibility index (Phi) is 4.32. The van der Waals surface area contributed by atoms with Crippen LogP contribution in [0.2, 0.25) is 0 Å². The molecule has 0 heterocycles. The fourth-order valence-electron chi connectivity index (χ4n) is 1.67. The lowest BCUT2D eigenvalue weighted by atomic mass is 10.1. The standard InChI is InChI=1S/C14H10BrFN2O3/c1-8-2-3-9(6-11(8)15)14(19)17-10-4-5-12(16)13(7-10)18(20)21/h2-7H,1H3,(H,17,19). The van der Waals surface area contributed by atoms with E-state index in [9.17, 15) is 19.3 Å². The van der Waals surface area contributed by atoms with E-state index >= 15 is 0 Å². The summed E-state index contributed by atoms with van der Waals surface area (Å²) >= 11 is 3.32. The normalized spacial score (nSPS) is 10.2. The summed E-state index contributed by atoms with van der Waals surface area (Å²) in [6.45, 7) is 1.88. The predicted octanol–water partition coefficient (Wildman–Crippen LogP) is 4.06. The van der Waals surface area contributed by atoms with E-state index in [1.54, 1.807) is 18.2 Å². The summed E-state index contributed by atoms with van der Waals surface area (Å²) in [5.41, 5.74) is 0.839. The summed E-state index contributed by atoms with van der Waals surface area (Å²) in [5, 5.41) is 13.2. The molecule has 2 rings (SSSR count). The van der Waals surface area contributed by atoms with Crippen molar-refractivity contribution in [3.8, 4) is 0 Å². The molecule has 0 radical (unpaired) electrons. The molecule has 5 nitrogen and oxygen atoms in total. The van der Waals surface area contributed by atoms with Gasteiger partial charge in [-0.3, -0.25) is 14.9 Å². The van der Waals surface area contributed by atoms with Crippen molar-refractivity contribution in [3.05, 3.63) is 67.9 Å². The lowest BCUT2D eigenvalue weighted by Gasteiger charge is -2.07. The Bertz CT molecular complexity index is 734. The van der Waals surface area contributed by atoms with Crippen molar-refractivity contribution in [2.45, 2.75) is 6.92 Å². The van der Waals surface area contributed by atoms with E-state index in [2.05, 4.69) is 21.2 Å². The molecule has 7 heteroatoms. The van der Waals surface area contributed by atoms with E-state index < -0.39 is 22.3 Å². The van der Waals surface area contributed by atoms with Crippen molar-refractivity contribution < 1.29 is 14.1 Å². The molecule has 1 amide bonds. The third kappa shape index (κ3) is 3.43.